The second-order valence-electron chi connectivity index (χ2n) is 6.13. The van der Waals surface area contributed by atoms with Gasteiger partial charge in [-0.1, -0.05) is 30.3 Å². The van der Waals surface area contributed by atoms with Crippen molar-refractivity contribution < 1.29 is 24.6 Å². The van der Waals surface area contributed by atoms with E-state index in [0.717, 1.165) is 5.56 Å². The van der Waals surface area contributed by atoms with Crippen LogP contribution in [0.25, 0.3) is 0 Å². The van der Waals surface area contributed by atoms with Crippen molar-refractivity contribution in [1.82, 2.24) is 10.6 Å². The fraction of sp³-hybridized carbons (Fsp3) is 0.438. The van der Waals surface area contributed by atoms with Gasteiger partial charge in [-0.15, -0.1) is 11.8 Å². The first-order chi connectivity index (χ1) is 11.2. The number of nitrogens with one attached hydrogen (secondary N) is 2. The van der Waals surface area contributed by atoms with Gasteiger partial charge in [0.1, 0.15) is 6.04 Å². The number of carbonyl (C=O) groups is 3. The summed E-state index contributed by atoms with van der Waals surface area (Å²) >= 11 is 1.20. The lowest BCUT2D eigenvalue weighted by Gasteiger charge is -2.22. The molecular formula is C16H20N2O5S. The Balaban J connectivity index is 2.06. The van der Waals surface area contributed by atoms with Crippen LogP contribution in [0, 0.1) is 0 Å². The maximum atomic E-state index is 12.1. The average molecular weight is 352 g/mol. The van der Waals surface area contributed by atoms with Crippen LogP contribution in [0.3, 0.4) is 0 Å². The highest BCUT2D eigenvalue weighted by Crippen LogP contribution is 2.39. The average Bonchev–Trinajstić information content (AvgIpc) is 2.81. The number of carbonyl (C=O) groups excluding carboxylic acids is 1. The number of thioether (sulfide) groups is 1. The van der Waals surface area contributed by atoms with Crippen molar-refractivity contribution in [2.75, 3.05) is 0 Å². The van der Waals surface area contributed by atoms with Gasteiger partial charge in [-0.3, -0.25) is 14.9 Å². The molecule has 1 aliphatic heterocycles. The Morgan fingerprint density at radius 2 is 1.88 bits per heavy atom. The largest absolute Gasteiger partial charge is 0.480 e. The first-order valence-corrected chi connectivity index (χ1v) is 8.31. The number of benzene rings is 1. The zero-order valence-corrected chi connectivity index (χ0v) is 14.2. The number of amides is 1. The van der Waals surface area contributed by atoms with E-state index >= 15 is 0 Å². The summed E-state index contributed by atoms with van der Waals surface area (Å²) in [6, 6.07) is 6.88. The molecule has 130 valence electrons. The van der Waals surface area contributed by atoms with E-state index in [1.807, 2.05) is 6.07 Å². The van der Waals surface area contributed by atoms with Crippen molar-refractivity contribution in [3.63, 3.8) is 0 Å². The van der Waals surface area contributed by atoms with Gasteiger partial charge in [0.15, 0.2) is 6.04 Å². The van der Waals surface area contributed by atoms with Crippen LogP contribution in [-0.4, -0.2) is 50.3 Å². The van der Waals surface area contributed by atoms with Crippen LogP contribution < -0.4 is 10.6 Å². The summed E-state index contributed by atoms with van der Waals surface area (Å²) in [6.45, 7) is 3.46. The van der Waals surface area contributed by atoms with Crippen LogP contribution in [0.5, 0.6) is 0 Å². The van der Waals surface area contributed by atoms with Gasteiger partial charge in [0.05, 0.1) is 11.8 Å². The highest BCUT2D eigenvalue weighted by atomic mass is 32.2. The fourth-order valence-electron chi connectivity index (χ4n) is 2.60. The molecule has 1 aromatic carbocycles. The molecule has 4 N–H and O–H groups in total. The normalized spacial score (nSPS) is 23.4. The van der Waals surface area contributed by atoms with E-state index in [1.165, 1.54) is 11.8 Å². The van der Waals surface area contributed by atoms with Crippen molar-refractivity contribution in [3.05, 3.63) is 35.9 Å². The van der Waals surface area contributed by atoms with Crippen molar-refractivity contribution in [3.8, 4) is 0 Å². The third-order valence-corrected chi connectivity index (χ3v) is 5.30. The molecule has 1 unspecified atom stereocenters. The summed E-state index contributed by atoms with van der Waals surface area (Å²) in [5, 5.41) is 23.2. The van der Waals surface area contributed by atoms with Gasteiger partial charge in [0, 0.05) is 4.75 Å². The number of hydrogen-bond donors (Lipinski definition) is 4. The van der Waals surface area contributed by atoms with Gasteiger partial charge < -0.3 is 15.5 Å². The highest BCUT2D eigenvalue weighted by Gasteiger charge is 2.49. The topological polar surface area (TPSA) is 116 Å². The molecule has 24 heavy (non-hydrogen) atoms. The summed E-state index contributed by atoms with van der Waals surface area (Å²) < 4.78 is -0.686. The third kappa shape index (κ3) is 4.27. The Labute approximate surface area is 143 Å². The van der Waals surface area contributed by atoms with Gasteiger partial charge in [0.2, 0.25) is 5.91 Å². The van der Waals surface area contributed by atoms with E-state index in [0.29, 0.717) is 0 Å². The first kappa shape index (κ1) is 18.3. The van der Waals surface area contributed by atoms with Crippen LogP contribution >= 0.6 is 11.8 Å². The highest BCUT2D eigenvalue weighted by molar-refractivity contribution is 8.01. The van der Waals surface area contributed by atoms with E-state index < -0.39 is 40.1 Å². The summed E-state index contributed by atoms with van der Waals surface area (Å²) in [7, 11) is 0. The molecule has 1 aliphatic rings. The van der Waals surface area contributed by atoms with Crippen molar-refractivity contribution >= 4 is 29.6 Å². The van der Waals surface area contributed by atoms with Crippen LogP contribution in [-0.2, 0) is 20.8 Å². The van der Waals surface area contributed by atoms with Gasteiger partial charge in [-0.05, 0) is 19.4 Å². The molecule has 0 aliphatic carbocycles. The van der Waals surface area contributed by atoms with Crippen LogP contribution in [0.15, 0.2) is 30.3 Å². The van der Waals surface area contributed by atoms with Gasteiger partial charge in [-0.25, -0.2) is 4.79 Å². The molecule has 7 nitrogen and oxygen atoms in total. The number of carboxylic acid groups (broad SMARTS) is 2. The van der Waals surface area contributed by atoms with Gasteiger partial charge >= 0.3 is 11.9 Å². The Kier molecular flexibility index (Phi) is 5.51. The number of rotatable bonds is 6. The molecule has 1 aromatic rings. The van der Waals surface area contributed by atoms with Crippen molar-refractivity contribution in [2.45, 2.75) is 42.5 Å². The molecule has 2 rings (SSSR count). The predicted molar refractivity (Wildman–Crippen MR) is 89.7 cm³/mol. The summed E-state index contributed by atoms with van der Waals surface area (Å²) in [5.41, 5.74) is 0.773. The minimum absolute atomic E-state index is 0.0633. The molecule has 0 bridgehead atoms. The molecule has 0 spiro atoms. The second-order valence-corrected chi connectivity index (χ2v) is 7.92. The number of hydrogen-bond acceptors (Lipinski definition) is 5. The Hall–Kier alpha value is -2.06. The third-order valence-electron chi connectivity index (χ3n) is 3.80. The monoisotopic (exact) mass is 352 g/mol. The summed E-state index contributed by atoms with van der Waals surface area (Å²) in [6.07, 6.45) is 0.0633. The van der Waals surface area contributed by atoms with E-state index in [1.54, 1.807) is 38.1 Å². The molecule has 1 heterocycles. The molecule has 8 heteroatoms. The standard InChI is InChI=1S/C16H20N2O5S/c1-16(2)12(15(22)23)18-13(24-16)11(14(20)21)17-10(19)8-9-6-4-3-5-7-9/h3-7,11-13,18H,8H2,1-2H3,(H,17,19)(H,20,21)(H,22,23)/t11?,12-,13+/m0/s1. The Bertz CT molecular complexity index is 635. The van der Waals surface area contributed by atoms with E-state index in [9.17, 15) is 24.6 Å². The molecule has 0 aromatic heterocycles. The summed E-state index contributed by atoms with van der Waals surface area (Å²) in [4.78, 5) is 35.0. The zero-order chi connectivity index (χ0) is 17.9. The van der Waals surface area contributed by atoms with Crippen molar-refractivity contribution in [2.24, 2.45) is 0 Å². The first-order valence-electron chi connectivity index (χ1n) is 7.43. The lowest BCUT2D eigenvalue weighted by Crippen LogP contribution is -2.54. The quantitative estimate of drug-likeness (QED) is 0.595. The summed E-state index contributed by atoms with van der Waals surface area (Å²) in [5.74, 6) is -2.68. The smallest absolute Gasteiger partial charge is 0.328 e. The molecule has 0 radical (unpaired) electrons. The van der Waals surface area contributed by atoms with Crippen LogP contribution in [0.1, 0.15) is 19.4 Å². The van der Waals surface area contributed by atoms with Gasteiger partial charge in [-0.2, -0.15) is 0 Å². The number of carboxylic acids is 2. The molecule has 3 atom stereocenters. The maximum Gasteiger partial charge on any atom is 0.328 e. The minimum atomic E-state index is -1.21. The molecule has 1 saturated heterocycles. The van der Waals surface area contributed by atoms with Crippen LogP contribution in [0.4, 0.5) is 0 Å². The van der Waals surface area contributed by atoms with E-state index in [2.05, 4.69) is 10.6 Å². The lowest BCUT2D eigenvalue weighted by molar-refractivity contribution is -0.143. The maximum absolute atomic E-state index is 12.1. The fourth-order valence-corrected chi connectivity index (χ4v) is 4.08. The molecule has 1 amide bonds. The molecule has 1 fully saturated rings. The minimum Gasteiger partial charge on any atom is -0.480 e. The van der Waals surface area contributed by atoms with E-state index in [-0.39, 0.29) is 6.42 Å². The Morgan fingerprint density at radius 3 is 2.38 bits per heavy atom. The predicted octanol–water partition coefficient (Wildman–Crippen LogP) is 0.693. The lowest BCUT2D eigenvalue weighted by atomic mass is 10.0. The molecular weight excluding hydrogens is 332 g/mol. The number of aliphatic carboxylic acids is 2. The SMILES string of the molecule is CC1(C)S[C@H](C(NC(=O)Cc2ccccc2)C(=O)O)N[C@H]1C(=O)O. The molecule has 0 saturated carbocycles. The van der Waals surface area contributed by atoms with E-state index in [4.69, 9.17) is 0 Å². The van der Waals surface area contributed by atoms with Crippen LogP contribution in [0.2, 0.25) is 0 Å². The second kappa shape index (κ2) is 7.23. The van der Waals surface area contributed by atoms with Crippen molar-refractivity contribution in [1.29, 1.82) is 0 Å². The van der Waals surface area contributed by atoms with Gasteiger partial charge in [0.25, 0.3) is 0 Å². The zero-order valence-electron chi connectivity index (χ0n) is 13.4. The Morgan fingerprint density at radius 1 is 1.25 bits per heavy atom.